The Morgan fingerprint density at radius 3 is 2.63 bits per heavy atom. The second kappa shape index (κ2) is 7.87. The second-order valence-electron chi connectivity index (χ2n) is 6.44. The molecule has 0 aromatic rings. The van der Waals surface area contributed by atoms with Crippen LogP contribution >= 0.6 is 0 Å². The molecule has 0 aromatic heterocycles. The first kappa shape index (κ1) is 16.5. The Labute approximate surface area is 119 Å². The number of rotatable bonds is 10. The van der Waals surface area contributed by atoms with Crippen LogP contribution in [0.5, 0.6) is 0 Å². The first-order valence-corrected chi connectivity index (χ1v) is 7.90. The fraction of sp³-hybridized carbons (Fsp3) is 0.938. The molecule has 0 aliphatic heterocycles. The summed E-state index contributed by atoms with van der Waals surface area (Å²) in [5.41, 5.74) is -0.311. The van der Waals surface area contributed by atoms with Crippen LogP contribution in [0.4, 0.5) is 0 Å². The zero-order valence-electron chi connectivity index (χ0n) is 13.2. The SMILES string of the molecule is CCCC(C)N(C)CCCCC(C)(C#N)NC1CC1. The van der Waals surface area contributed by atoms with Crippen LogP contribution in [0.2, 0.25) is 0 Å². The van der Waals surface area contributed by atoms with Crippen molar-refractivity contribution in [2.24, 2.45) is 0 Å². The lowest BCUT2D eigenvalue weighted by Gasteiger charge is -2.26. The molecular weight excluding hydrogens is 234 g/mol. The molecular formula is C16H31N3. The van der Waals surface area contributed by atoms with Crippen LogP contribution in [0.3, 0.4) is 0 Å². The van der Waals surface area contributed by atoms with Crippen molar-refractivity contribution in [1.82, 2.24) is 10.2 Å². The highest BCUT2D eigenvalue weighted by Gasteiger charge is 2.31. The molecule has 1 saturated carbocycles. The van der Waals surface area contributed by atoms with Crippen LogP contribution in [0.1, 0.15) is 65.7 Å². The van der Waals surface area contributed by atoms with Crippen LogP contribution < -0.4 is 5.32 Å². The van der Waals surface area contributed by atoms with Gasteiger partial charge in [-0.05, 0) is 66.0 Å². The normalized spacial score (nSPS) is 20.0. The number of nitrogens with one attached hydrogen (secondary N) is 1. The maximum atomic E-state index is 9.31. The van der Waals surface area contributed by atoms with Gasteiger partial charge < -0.3 is 4.90 Å². The summed E-state index contributed by atoms with van der Waals surface area (Å²) in [4.78, 5) is 2.45. The molecule has 1 rings (SSSR count). The number of hydrogen-bond acceptors (Lipinski definition) is 3. The Morgan fingerprint density at radius 2 is 2.11 bits per heavy atom. The van der Waals surface area contributed by atoms with Gasteiger partial charge >= 0.3 is 0 Å². The van der Waals surface area contributed by atoms with Crippen LogP contribution in [-0.2, 0) is 0 Å². The minimum Gasteiger partial charge on any atom is -0.304 e. The van der Waals surface area contributed by atoms with Gasteiger partial charge in [0.05, 0.1) is 6.07 Å². The van der Waals surface area contributed by atoms with Crippen molar-refractivity contribution in [3.63, 3.8) is 0 Å². The van der Waals surface area contributed by atoms with E-state index in [1.807, 2.05) is 0 Å². The van der Waals surface area contributed by atoms with E-state index in [1.165, 1.54) is 32.1 Å². The monoisotopic (exact) mass is 265 g/mol. The number of hydrogen-bond donors (Lipinski definition) is 1. The lowest BCUT2D eigenvalue weighted by Crippen LogP contribution is -2.42. The van der Waals surface area contributed by atoms with Crippen molar-refractivity contribution in [2.75, 3.05) is 13.6 Å². The molecule has 110 valence electrons. The summed E-state index contributed by atoms with van der Waals surface area (Å²) in [6.07, 6.45) is 8.30. The van der Waals surface area contributed by atoms with Crippen molar-refractivity contribution in [2.45, 2.75) is 83.3 Å². The van der Waals surface area contributed by atoms with Crippen molar-refractivity contribution in [3.8, 4) is 6.07 Å². The second-order valence-corrected chi connectivity index (χ2v) is 6.44. The molecule has 1 aliphatic carbocycles. The largest absolute Gasteiger partial charge is 0.304 e. The third-order valence-electron chi connectivity index (χ3n) is 4.24. The van der Waals surface area contributed by atoms with Gasteiger partial charge in [-0.1, -0.05) is 13.3 Å². The summed E-state index contributed by atoms with van der Waals surface area (Å²) in [6, 6.07) is 3.74. The molecule has 0 amide bonds. The minimum atomic E-state index is -0.311. The molecule has 3 nitrogen and oxygen atoms in total. The highest BCUT2D eigenvalue weighted by atomic mass is 15.1. The minimum absolute atomic E-state index is 0.311. The predicted molar refractivity (Wildman–Crippen MR) is 81.0 cm³/mol. The third-order valence-corrected chi connectivity index (χ3v) is 4.24. The van der Waals surface area contributed by atoms with E-state index in [0.717, 1.165) is 19.4 Å². The molecule has 3 heteroatoms. The highest BCUT2D eigenvalue weighted by molar-refractivity contribution is 5.06. The summed E-state index contributed by atoms with van der Waals surface area (Å²) in [5.74, 6) is 0. The number of nitrogens with zero attached hydrogens (tertiary/aromatic N) is 2. The molecule has 2 atom stereocenters. The van der Waals surface area contributed by atoms with Gasteiger partial charge in [0.2, 0.25) is 0 Å². The molecule has 1 aliphatic rings. The fourth-order valence-corrected chi connectivity index (χ4v) is 2.54. The molecule has 0 heterocycles. The standard InChI is InChI=1S/C16H31N3/c1-5-8-14(2)19(4)12-7-6-11-16(3,13-17)18-15-9-10-15/h14-15,18H,5-12H2,1-4H3. The van der Waals surface area contributed by atoms with Crippen molar-refractivity contribution in [3.05, 3.63) is 0 Å². The van der Waals surface area contributed by atoms with Gasteiger partial charge in [-0.25, -0.2) is 0 Å². The molecule has 19 heavy (non-hydrogen) atoms. The fourth-order valence-electron chi connectivity index (χ4n) is 2.54. The summed E-state index contributed by atoms with van der Waals surface area (Å²) in [6.45, 7) is 7.74. The van der Waals surface area contributed by atoms with E-state index in [1.54, 1.807) is 0 Å². The Morgan fingerprint density at radius 1 is 1.42 bits per heavy atom. The number of unbranched alkanes of at least 4 members (excludes halogenated alkanes) is 1. The lowest BCUT2D eigenvalue weighted by atomic mass is 9.96. The smallest absolute Gasteiger partial charge is 0.104 e. The molecule has 0 spiro atoms. The lowest BCUT2D eigenvalue weighted by molar-refractivity contribution is 0.236. The van der Waals surface area contributed by atoms with E-state index < -0.39 is 0 Å². The quantitative estimate of drug-likeness (QED) is 0.616. The Kier molecular flexibility index (Phi) is 6.82. The van der Waals surface area contributed by atoms with Crippen LogP contribution in [-0.4, -0.2) is 36.1 Å². The Balaban J connectivity index is 2.16. The van der Waals surface area contributed by atoms with Gasteiger partial charge in [0.25, 0.3) is 0 Å². The van der Waals surface area contributed by atoms with Gasteiger partial charge in [-0.15, -0.1) is 0 Å². The van der Waals surface area contributed by atoms with Crippen LogP contribution in [0.25, 0.3) is 0 Å². The summed E-state index contributed by atoms with van der Waals surface area (Å²) in [5, 5.41) is 12.8. The first-order chi connectivity index (χ1) is 9.00. The maximum Gasteiger partial charge on any atom is 0.104 e. The van der Waals surface area contributed by atoms with Crippen molar-refractivity contribution < 1.29 is 0 Å². The van der Waals surface area contributed by atoms with Gasteiger partial charge in [0.15, 0.2) is 0 Å². The zero-order chi connectivity index (χ0) is 14.3. The average molecular weight is 265 g/mol. The Bertz CT molecular complexity index is 293. The van der Waals surface area contributed by atoms with E-state index in [-0.39, 0.29) is 5.54 Å². The van der Waals surface area contributed by atoms with Gasteiger partial charge in [-0.2, -0.15) is 5.26 Å². The van der Waals surface area contributed by atoms with Crippen molar-refractivity contribution in [1.29, 1.82) is 5.26 Å². The van der Waals surface area contributed by atoms with E-state index in [9.17, 15) is 5.26 Å². The molecule has 1 fully saturated rings. The van der Waals surface area contributed by atoms with Gasteiger partial charge in [0, 0.05) is 12.1 Å². The maximum absolute atomic E-state index is 9.31. The molecule has 0 saturated heterocycles. The van der Waals surface area contributed by atoms with E-state index in [0.29, 0.717) is 12.1 Å². The van der Waals surface area contributed by atoms with Crippen LogP contribution in [0, 0.1) is 11.3 Å². The average Bonchev–Trinajstić information content (AvgIpc) is 3.18. The van der Waals surface area contributed by atoms with E-state index >= 15 is 0 Å². The Hall–Kier alpha value is -0.590. The summed E-state index contributed by atoms with van der Waals surface area (Å²) < 4.78 is 0. The van der Waals surface area contributed by atoms with Gasteiger partial charge in [0.1, 0.15) is 5.54 Å². The predicted octanol–water partition coefficient (Wildman–Crippen LogP) is 3.31. The molecule has 2 unspecified atom stereocenters. The molecule has 1 N–H and O–H groups in total. The van der Waals surface area contributed by atoms with Crippen molar-refractivity contribution >= 4 is 0 Å². The zero-order valence-corrected chi connectivity index (χ0v) is 13.2. The highest BCUT2D eigenvalue weighted by Crippen LogP contribution is 2.24. The van der Waals surface area contributed by atoms with E-state index in [2.05, 4.69) is 44.1 Å². The summed E-state index contributed by atoms with van der Waals surface area (Å²) in [7, 11) is 2.21. The summed E-state index contributed by atoms with van der Waals surface area (Å²) >= 11 is 0. The molecule has 0 radical (unpaired) electrons. The van der Waals surface area contributed by atoms with Crippen LogP contribution in [0.15, 0.2) is 0 Å². The third kappa shape index (κ3) is 6.40. The van der Waals surface area contributed by atoms with E-state index in [4.69, 9.17) is 0 Å². The molecule has 0 aromatic carbocycles. The van der Waals surface area contributed by atoms with Gasteiger partial charge in [-0.3, -0.25) is 5.32 Å². The number of nitriles is 1. The molecule has 0 bridgehead atoms. The topological polar surface area (TPSA) is 39.1 Å². The first-order valence-electron chi connectivity index (χ1n) is 7.90.